The van der Waals surface area contributed by atoms with Gasteiger partial charge >= 0.3 is 0 Å². The Morgan fingerprint density at radius 3 is 2.71 bits per heavy atom. The van der Waals surface area contributed by atoms with Crippen molar-refractivity contribution in [3.8, 4) is 0 Å². The van der Waals surface area contributed by atoms with Crippen molar-refractivity contribution in [3.05, 3.63) is 0 Å². The number of hydrogen-bond acceptors (Lipinski definition) is 2. The van der Waals surface area contributed by atoms with Crippen molar-refractivity contribution in [1.82, 2.24) is 5.32 Å². The molecule has 0 aromatic carbocycles. The van der Waals surface area contributed by atoms with Gasteiger partial charge in [0.05, 0.1) is 0 Å². The molecular weight excluding hydrogens is 172 g/mol. The monoisotopic (exact) mass is 198 g/mol. The quantitative estimate of drug-likeness (QED) is 0.710. The van der Waals surface area contributed by atoms with Crippen molar-refractivity contribution in [3.63, 3.8) is 0 Å². The van der Waals surface area contributed by atoms with Gasteiger partial charge in [-0.15, -0.1) is 0 Å². The molecule has 2 nitrogen and oxygen atoms in total. The van der Waals surface area contributed by atoms with E-state index in [0.717, 1.165) is 12.5 Å². The third-order valence-corrected chi connectivity index (χ3v) is 3.62. The predicted octanol–water partition coefficient (Wildman–Crippen LogP) is 2.14. The van der Waals surface area contributed by atoms with Crippen LogP contribution >= 0.6 is 0 Å². The smallest absolute Gasteiger partial charge is 0.0107 e. The van der Waals surface area contributed by atoms with Crippen molar-refractivity contribution in [1.29, 1.82) is 0 Å². The summed E-state index contributed by atoms with van der Waals surface area (Å²) in [4.78, 5) is 0. The summed E-state index contributed by atoms with van der Waals surface area (Å²) >= 11 is 0. The van der Waals surface area contributed by atoms with Crippen LogP contribution in [0.2, 0.25) is 0 Å². The van der Waals surface area contributed by atoms with E-state index in [1.807, 2.05) is 0 Å². The summed E-state index contributed by atoms with van der Waals surface area (Å²) in [6, 6.07) is 0.697. The second-order valence-electron chi connectivity index (χ2n) is 4.80. The molecular formula is C12H26N2. The maximum atomic E-state index is 5.87. The fourth-order valence-electron chi connectivity index (χ4n) is 2.39. The van der Waals surface area contributed by atoms with E-state index in [1.54, 1.807) is 0 Å². The van der Waals surface area contributed by atoms with E-state index in [2.05, 4.69) is 19.2 Å². The lowest BCUT2D eigenvalue weighted by Crippen LogP contribution is -2.43. The van der Waals surface area contributed by atoms with Crippen LogP contribution < -0.4 is 11.1 Å². The van der Waals surface area contributed by atoms with Crippen LogP contribution in [0.15, 0.2) is 0 Å². The molecule has 0 aliphatic carbocycles. The van der Waals surface area contributed by atoms with Crippen molar-refractivity contribution < 1.29 is 0 Å². The molecule has 0 spiro atoms. The summed E-state index contributed by atoms with van der Waals surface area (Å²) < 4.78 is 0. The molecule has 1 aliphatic heterocycles. The molecule has 3 atom stereocenters. The highest BCUT2D eigenvalue weighted by atomic mass is 14.9. The third kappa shape index (κ3) is 3.58. The minimum Gasteiger partial charge on any atom is -0.330 e. The topological polar surface area (TPSA) is 38.0 Å². The summed E-state index contributed by atoms with van der Waals surface area (Å²) in [7, 11) is 0. The SMILES string of the molecule is CC[C@@H](C)C[C@@H](CN)[C@@H]1CCCCN1. The summed E-state index contributed by atoms with van der Waals surface area (Å²) in [5, 5.41) is 3.62. The molecule has 0 radical (unpaired) electrons. The normalized spacial score (nSPS) is 27.2. The first-order chi connectivity index (χ1) is 6.77. The van der Waals surface area contributed by atoms with E-state index in [-0.39, 0.29) is 0 Å². The lowest BCUT2D eigenvalue weighted by atomic mass is 9.85. The Bertz CT molecular complexity index is 141. The van der Waals surface area contributed by atoms with Gasteiger partial charge in [-0.2, -0.15) is 0 Å². The van der Waals surface area contributed by atoms with Gasteiger partial charge in [0, 0.05) is 6.04 Å². The van der Waals surface area contributed by atoms with Gasteiger partial charge in [-0.1, -0.05) is 26.7 Å². The lowest BCUT2D eigenvalue weighted by molar-refractivity contribution is 0.257. The van der Waals surface area contributed by atoms with E-state index in [4.69, 9.17) is 5.73 Å². The van der Waals surface area contributed by atoms with Crippen molar-refractivity contribution in [2.75, 3.05) is 13.1 Å². The molecule has 2 heteroatoms. The fraction of sp³-hybridized carbons (Fsp3) is 1.00. The molecule has 84 valence electrons. The first-order valence-corrected chi connectivity index (χ1v) is 6.21. The van der Waals surface area contributed by atoms with E-state index >= 15 is 0 Å². The van der Waals surface area contributed by atoms with Gasteiger partial charge in [0.25, 0.3) is 0 Å². The van der Waals surface area contributed by atoms with E-state index in [9.17, 15) is 0 Å². The molecule has 1 saturated heterocycles. The molecule has 0 bridgehead atoms. The van der Waals surface area contributed by atoms with Gasteiger partial charge < -0.3 is 11.1 Å². The number of nitrogens with two attached hydrogens (primary N) is 1. The zero-order chi connectivity index (χ0) is 10.4. The maximum Gasteiger partial charge on any atom is 0.0107 e. The summed E-state index contributed by atoms with van der Waals surface area (Å²) in [5.74, 6) is 1.53. The molecule has 0 amide bonds. The summed E-state index contributed by atoms with van der Waals surface area (Å²) in [6.07, 6.45) is 6.64. The molecule has 3 N–H and O–H groups in total. The van der Waals surface area contributed by atoms with Crippen LogP contribution in [-0.2, 0) is 0 Å². The van der Waals surface area contributed by atoms with Crippen molar-refractivity contribution in [2.24, 2.45) is 17.6 Å². The molecule has 14 heavy (non-hydrogen) atoms. The number of nitrogens with one attached hydrogen (secondary N) is 1. The van der Waals surface area contributed by atoms with Gasteiger partial charge in [-0.25, -0.2) is 0 Å². The average molecular weight is 198 g/mol. The van der Waals surface area contributed by atoms with Gasteiger partial charge in [0.15, 0.2) is 0 Å². The lowest BCUT2D eigenvalue weighted by Gasteiger charge is -2.32. The van der Waals surface area contributed by atoms with Gasteiger partial charge in [-0.3, -0.25) is 0 Å². The van der Waals surface area contributed by atoms with Crippen LogP contribution in [0.5, 0.6) is 0 Å². The Hall–Kier alpha value is -0.0800. The predicted molar refractivity (Wildman–Crippen MR) is 62.3 cm³/mol. The van der Waals surface area contributed by atoms with Gasteiger partial charge in [0.1, 0.15) is 0 Å². The maximum absolute atomic E-state index is 5.87. The van der Waals surface area contributed by atoms with Crippen LogP contribution in [0.1, 0.15) is 46.0 Å². The summed E-state index contributed by atoms with van der Waals surface area (Å²) in [6.45, 7) is 6.65. The second-order valence-corrected chi connectivity index (χ2v) is 4.80. The molecule has 1 rings (SSSR count). The Balaban J connectivity index is 2.35. The van der Waals surface area contributed by atoms with Gasteiger partial charge in [0.2, 0.25) is 0 Å². The standard InChI is InChI=1S/C12H26N2/c1-3-10(2)8-11(9-13)12-6-4-5-7-14-12/h10-12,14H,3-9,13H2,1-2H3/t10-,11+,12+/m1/s1. The second kappa shape index (κ2) is 6.41. The minimum atomic E-state index is 0.697. The Kier molecular flexibility index (Phi) is 5.49. The highest BCUT2D eigenvalue weighted by Crippen LogP contribution is 2.22. The molecule has 0 aromatic rings. The molecule has 0 saturated carbocycles. The minimum absolute atomic E-state index is 0.697. The van der Waals surface area contributed by atoms with Crippen LogP contribution in [0.4, 0.5) is 0 Å². The molecule has 0 unspecified atom stereocenters. The van der Waals surface area contributed by atoms with E-state index in [1.165, 1.54) is 38.6 Å². The Morgan fingerprint density at radius 2 is 2.21 bits per heavy atom. The third-order valence-electron chi connectivity index (χ3n) is 3.62. The zero-order valence-corrected chi connectivity index (χ0v) is 9.76. The number of hydrogen-bond donors (Lipinski definition) is 2. The van der Waals surface area contributed by atoms with Crippen LogP contribution in [0.3, 0.4) is 0 Å². The number of rotatable bonds is 5. The van der Waals surface area contributed by atoms with Crippen LogP contribution in [-0.4, -0.2) is 19.1 Å². The van der Waals surface area contributed by atoms with Gasteiger partial charge in [-0.05, 0) is 44.2 Å². The average Bonchev–Trinajstić information content (AvgIpc) is 2.26. The van der Waals surface area contributed by atoms with E-state index in [0.29, 0.717) is 12.0 Å². The van der Waals surface area contributed by atoms with Crippen molar-refractivity contribution in [2.45, 2.75) is 52.0 Å². The first kappa shape index (κ1) is 12.0. The van der Waals surface area contributed by atoms with Crippen LogP contribution in [0.25, 0.3) is 0 Å². The fourth-order valence-corrected chi connectivity index (χ4v) is 2.39. The summed E-state index contributed by atoms with van der Waals surface area (Å²) in [5.41, 5.74) is 5.87. The first-order valence-electron chi connectivity index (χ1n) is 6.21. The zero-order valence-electron chi connectivity index (χ0n) is 9.76. The van der Waals surface area contributed by atoms with Crippen LogP contribution in [0, 0.1) is 11.8 Å². The van der Waals surface area contributed by atoms with E-state index < -0.39 is 0 Å². The number of piperidine rings is 1. The highest BCUT2D eigenvalue weighted by Gasteiger charge is 2.23. The molecule has 1 heterocycles. The molecule has 1 aliphatic rings. The van der Waals surface area contributed by atoms with Crippen molar-refractivity contribution >= 4 is 0 Å². The Labute approximate surface area is 88.6 Å². The Morgan fingerprint density at radius 1 is 1.43 bits per heavy atom. The molecule has 0 aromatic heterocycles. The highest BCUT2D eigenvalue weighted by molar-refractivity contribution is 4.81. The largest absolute Gasteiger partial charge is 0.330 e. The molecule has 1 fully saturated rings.